The van der Waals surface area contributed by atoms with Gasteiger partial charge in [0.25, 0.3) is 5.56 Å². The first-order valence-corrected chi connectivity index (χ1v) is 6.65. The van der Waals surface area contributed by atoms with Gasteiger partial charge >= 0.3 is 0 Å². The molecule has 0 aliphatic carbocycles. The number of nitrogens with zero attached hydrogens (tertiary/aromatic N) is 1. The Bertz CT molecular complexity index is 692. The highest BCUT2D eigenvalue weighted by molar-refractivity contribution is 5.79. The van der Waals surface area contributed by atoms with Gasteiger partial charge in [-0.15, -0.1) is 0 Å². The van der Waals surface area contributed by atoms with Crippen LogP contribution in [0.1, 0.15) is 11.1 Å². The molecule has 1 aromatic carbocycles. The lowest BCUT2D eigenvalue weighted by molar-refractivity contribution is -0.120. The summed E-state index contributed by atoms with van der Waals surface area (Å²) in [6.45, 7) is 0.224. The molecular weight excluding hydrogens is 268 g/mol. The van der Waals surface area contributed by atoms with Crippen molar-refractivity contribution in [1.29, 1.82) is 0 Å². The summed E-state index contributed by atoms with van der Waals surface area (Å²) in [7, 11) is 3.26. The van der Waals surface area contributed by atoms with Crippen LogP contribution in [0.15, 0.2) is 47.4 Å². The molecule has 1 N–H and O–H groups in total. The number of benzene rings is 1. The van der Waals surface area contributed by atoms with E-state index in [4.69, 9.17) is 4.74 Å². The average Bonchev–Trinajstić information content (AvgIpc) is 2.49. The zero-order chi connectivity index (χ0) is 15.2. The van der Waals surface area contributed by atoms with Gasteiger partial charge in [0.05, 0.1) is 13.5 Å². The third kappa shape index (κ3) is 3.72. The summed E-state index contributed by atoms with van der Waals surface area (Å²) in [6.07, 6.45) is 1.90. The maximum absolute atomic E-state index is 12.0. The fourth-order valence-corrected chi connectivity index (χ4v) is 2.07. The number of rotatable bonds is 5. The van der Waals surface area contributed by atoms with Crippen molar-refractivity contribution in [3.05, 3.63) is 64.1 Å². The number of nitrogens with one attached hydrogen (secondary N) is 1. The van der Waals surface area contributed by atoms with Crippen LogP contribution in [0.5, 0.6) is 5.75 Å². The molecule has 0 spiro atoms. The van der Waals surface area contributed by atoms with Crippen molar-refractivity contribution < 1.29 is 9.53 Å². The predicted octanol–water partition coefficient (Wildman–Crippen LogP) is 1.25. The van der Waals surface area contributed by atoms with Crippen molar-refractivity contribution in [2.24, 2.45) is 7.05 Å². The van der Waals surface area contributed by atoms with Gasteiger partial charge in [-0.25, -0.2) is 0 Å². The number of pyridine rings is 1. The minimum absolute atomic E-state index is 0.102. The molecule has 0 aliphatic heterocycles. The van der Waals surface area contributed by atoms with Crippen LogP contribution in [0.3, 0.4) is 0 Å². The molecular formula is C16H18N2O3. The van der Waals surface area contributed by atoms with Crippen LogP contribution in [-0.4, -0.2) is 17.6 Å². The number of hydrogen-bond donors (Lipinski definition) is 1. The number of amides is 1. The van der Waals surface area contributed by atoms with Gasteiger partial charge < -0.3 is 14.6 Å². The first kappa shape index (κ1) is 14.8. The molecule has 0 aliphatic rings. The number of carbonyl (C=O) groups is 1. The van der Waals surface area contributed by atoms with E-state index in [1.165, 1.54) is 4.57 Å². The number of carbonyl (C=O) groups excluding carboxylic acids is 1. The monoisotopic (exact) mass is 286 g/mol. The standard InChI is InChI=1S/C16H18N2O3/c1-18-9-5-7-13(16(18)20)11-17-15(19)10-12-6-3-4-8-14(12)21-2/h3-9H,10-11H2,1-2H3,(H,17,19). The van der Waals surface area contributed by atoms with Crippen molar-refractivity contribution in [2.75, 3.05) is 7.11 Å². The molecule has 5 nitrogen and oxygen atoms in total. The largest absolute Gasteiger partial charge is 0.496 e. The van der Waals surface area contributed by atoms with E-state index in [-0.39, 0.29) is 24.4 Å². The highest BCUT2D eigenvalue weighted by Crippen LogP contribution is 2.17. The van der Waals surface area contributed by atoms with Crippen molar-refractivity contribution in [2.45, 2.75) is 13.0 Å². The average molecular weight is 286 g/mol. The minimum atomic E-state index is -0.148. The Morgan fingerprint density at radius 3 is 2.67 bits per heavy atom. The van der Waals surface area contributed by atoms with Crippen LogP contribution in [0, 0.1) is 0 Å². The number of para-hydroxylation sites is 1. The van der Waals surface area contributed by atoms with E-state index in [9.17, 15) is 9.59 Å². The Morgan fingerprint density at radius 1 is 1.19 bits per heavy atom. The molecule has 2 rings (SSSR count). The predicted molar refractivity (Wildman–Crippen MR) is 80.2 cm³/mol. The molecule has 0 saturated heterocycles. The second kappa shape index (κ2) is 6.74. The topological polar surface area (TPSA) is 60.3 Å². The molecule has 1 amide bonds. The Hall–Kier alpha value is -2.56. The van der Waals surface area contributed by atoms with E-state index in [0.717, 1.165) is 5.56 Å². The van der Waals surface area contributed by atoms with Gasteiger partial charge in [0.1, 0.15) is 5.75 Å². The first-order valence-electron chi connectivity index (χ1n) is 6.65. The third-order valence-corrected chi connectivity index (χ3v) is 3.22. The van der Waals surface area contributed by atoms with Crippen LogP contribution in [-0.2, 0) is 24.8 Å². The molecule has 21 heavy (non-hydrogen) atoms. The van der Waals surface area contributed by atoms with Gasteiger partial charge in [-0.1, -0.05) is 24.3 Å². The Labute approximate surface area is 123 Å². The summed E-state index contributed by atoms with van der Waals surface area (Å²) in [5, 5.41) is 2.76. The fourth-order valence-electron chi connectivity index (χ4n) is 2.07. The molecule has 1 aromatic heterocycles. The van der Waals surface area contributed by atoms with Crippen LogP contribution < -0.4 is 15.6 Å². The van der Waals surface area contributed by atoms with Gasteiger partial charge in [-0.2, -0.15) is 0 Å². The second-order valence-corrected chi connectivity index (χ2v) is 4.71. The van der Waals surface area contributed by atoms with Crippen LogP contribution in [0.25, 0.3) is 0 Å². The number of hydrogen-bond acceptors (Lipinski definition) is 3. The lowest BCUT2D eigenvalue weighted by atomic mass is 10.1. The second-order valence-electron chi connectivity index (χ2n) is 4.71. The summed E-state index contributed by atoms with van der Waals surface area (Å²) < 4.78 is 6.70. The molecule has 0 radical (unpaired) electrons. The van der Waals surface area contributed by atoms with Gasteiger partial charge in [0.2, 0.25) is 5.91 Å². The number of ether oxygens (including phenoxy) is 1. The third-order valence-electron chi connectivity index (χ3n) is 3.22. The lowest BCUT2D eigenvalue weighted by Gasteiger charge is -2.09. The maximum atomic E-state index is 12.0. The SMILES string of the molecule is COc1ccccc1CC(=O)NCc1cccn(C)c1=O. The molecule has 0 bridgehead atoms. The van der Waals surface area contributed by atoms with Gasteiger partial charge in [-0.05, 0) is 12.1 Å². The van der Waals surface area contributed by atoms with Gasteiger partial charge in [0.15, 0.2) is 0 Å². The van der Waals surface area contributed by atoms with Gasteiger partial charge in [0, 0.05) is 30.9 Å². The lowest BCUT2D eigenvalue weighted by Crippen LogP contribution is -2.29. The van der Waals surface area contributed by atoms with E-state index in [1.54, 1.807) is 32.5 Å². The van der Waals surface area contributed by atoms with Crippen molar-refractivity contribution >= 4 is 5.91 Å². The molecule has 1 heterocycles. The van der Waals surface area contributed by atoms with E-state index in [2.05, 4.69) is 5.32 Å². The molecule has 0 atom stereocenters. The zero-order valence-corrected chi connectivity index (χ0v) is 12.1. The Balaban J connectivity index is 1.99. The van der Waals surface area contributed by atoms with E-state index in [0.29, 0.717) is 11.3 Å². The molecule has 2 aromatic rings. The summed E-state index contributed by atoms with van der Waals surface area (Å²) in [5.74, 6) is 0.536. The smallest absolute Gasteiger partial charge is 0.255 e. The Morgan fingerprint density at radius 2 is 1.90 bits per heavy atom. The van der Waals surface area contributed by atoms with Crippen LogP contribution in [0.4, 0.5) is 0 Å². The number of methoxy groups -OCH3 is 1. The minimum Gasteiger partial charge on any atom is -0.496 e. The summed E-state index contributed by atoms with van der Waals surface area (Å²) in [6, 6.07) is 10.9. The summed E-state index contributed by atoms with van der Waals surface area (Å²) in [5.41, 5.74) is 1.28. The molecule has 110 valence electrons. The maximum Gasteiger partial charge on any atom is 0.255 e. The zero-order valence-electron chi connectivity index (χ0n) is 12.1. The molecule has 0 fully saturated rings. The summed E-state index contributed by atoms with van der Waals surface area (Å²) >= 11 is 0. The number of aromatic nitrogens is 1. The highest BCUT2D eigenvalue weighted by atomic mass is 16.5. The Kier molecular flexibility index (Phi) is 4.77. The molecule has 5 heteroatoms. The van der Waals surface area contributed by atoms with Crippen molar-refractivity contribution in [3.8, 4) is 5.75 Å². The molecule has 0 saturated carbocycles. The summed E-state index contributed by atoms with van der Waals surface area (Å²) in [4.78, 5) is 23.8. The first-order chi connectivity index (χ1) is 10.1. The quantitative estimate of drug-likeness (QED) is 0.900. The normalized spacial score (nSPS) is 10.2. The van der Waals surface area contributed by atoms with Crippen molar-refractivity contribution in [3.63, 3.8) is 0 Å². The van der Waals surface area contributed by atoms with E-state index >= 15 is 0 Å². The van der Waals surface area contributed by atoms with Gasteiger partial charge in [-0.3, -0.25) is 9.59 Å². The highest BCUT2D eigenvalue weighted by Gasteiger charge is 2.09. The number of aryl methyl sites for hydroxylation is 1. The fraction of sp³-hybridized carbons (Fsp3) is 0.250. The van der Waals surface area contributed by atoms with Crippen molar-refractivity contribution in [1.82, 2.24) is 9.88 Å². The molecule has 0 unspecified atom stereocenters. The van der Waals surface area contributed by atoms with Crippen LogP contribution >= 0.6 is 0 Å². The van der Waals surface area contributed by atoms with Crippen LogP contribution in [0.2, 0.25) is 0 Å². The van der Waals surface area contributed by atoms with E-state index in [1.807, 2.05) is 24.3 Å². The van der Waals surface area contributed by atoms with E-state index < -0.39 is 0 Å².